The highest BCUT2D eigenvalue weighted by Crippen LogP contribution is 2.23. The maximum absolute atomic E-state index is 5.50. The summed E-state index contributed by atoms with van der Waals surface area (Å²) >= 11 is 0. The zero-order chi connectivity index (χ0) is 15.9. The van der Waals surface area contributed by atoms with Crippen molar-refractivity contribution in [3.63, 3.8) is 0 Å². The molecule has 2 aromatic rings. The van der Waals surface area contributed by atoms with Crippen molar-refractivity contribution in [1.82, 2.24) is 15.2 Å². The summed E-state index contributed by atoms with van der Waals surface area (Å²) in [6.07, 6.45) is 3.99. The summed E-state index contributed by atoms with van der Waals surface area (Å²) in [6.45, 7) is 5.36. The predicted octanol–water partition coefficient (Wildman–Crippen LogP) is 2.19. The molecule has 0 spiro atoms. The van der Waals surface area contributed by atoms with E-state index >= 15 is 0 Å². The maximum Gasteiger partial charge on any atom is 0.118 e. The molecule has 1 aromatic heterocycles. The number of methoxy groups -OCH3 is 1. The average Bonchev–Trinajstić information content (AvgIpc) is 3.13. The lowest BCUT2D eigenvalue weighted by Gasteiger charge is -2.35. The summed E-state index contributed by atoms with van der Waals surface area (Å²) in [5.74, 6) is 0.898. The minimum absolute atomic E-state index is 0.351. The number of aromatic amines is 1. The molecule has 2 N–H and O–H groups in total. The molecule has 1 atom stereocenters. The number of hydrogen-bond acceptors (Lipinski definition) is 4. The lowest BCUT2D eigenvalue weighted by Crippen LogP contribution is -2.42. The quantitative estimate of drug-likeness (QED) is 0.822. The molecular weight excluding hydrogens is 290 g/mol. The number of morpholine rings is 1. The molecule has 0 bridgehead atoms. The van der Waals surface area contributed by atoms with Crippen LogP contribution in [-0.4, -0.2) is 49.8 Å². The van der Waals surface area contributed by atoms with Crippen molar-refractivity contribution in [3.05, 3.63) is 53.9 Å². The van der Waals surface area contributed by atoms with Gasteiger partial charge < -0.3 is 19.8 Å². The first-order valence-electron chi connectivity index (χ1n) is 8.15. The number of rotatable bonds is 7. The first kappa shape index (κ1) is 16.1. The molecule has 1 saturated heterocycles. The van der Waals surface area contributed by atoms with E-state index in [0.717, 1.165) is 45.1 Å². The third-order valence-corrected chi connectivity index (χ3v) is 4.32. The minimum Gasteiger partial charge on any atom is -0.497 e. The Kier molecular flexibility index (Phi) is 5.69. The zero-order valence-corrected chi connectivity index (χ0v) is 13.6. The molecule has 0 radical (unpaired) electrons. The van der Waals surface area contributed by atoms with E-state index in [9.17, 15) is 0 Å². The van der Waals surface area contributed by atoms with E-state index in [1.807, 2.05) is 24.5 Å². The Morgan fingerprint density at radius 1 is 1.22 bits per heavy atom. The fraction of sp³-hybridized carbons (Fsp3) is 0.444. The average molecular weight is 315 g/mol. The van der Waals surface area contributed by atoms with Gasteiger partial charge in [-0.1, -0.05) is 12.1 Å². The summed E-state index contributed by atoms with van der Waals surface area (Å²) in [7, 11) is 1.70. The van der Waals surface area contributed by atoms with Gasteiger partial charge in [-0.05, 0) is 29.3 Å². The Labute approximate surface area is 137 Å². The topological polar surface area (TPSA) is 49.5 Å². The van der Waals surface area contributed by atoms with Gasteiger partial charge in [0, 0.05) is 44.6 Å². The van der Waals surface area contributed by atoms with E-state index in [1.165, 1.54) is 11.1 Å². The van der Waals surface area contributed by atoms with Gasteiger partial charge in [-0.25, -0.2) is 0 Å². The second-order valence-corrected chi connectivity index (χ2v) is 5.79. The monoisotopic (exact) mass is 315 g/mol. The molecule has 2 heterocycles. The third-order valence-electron chi connectivity index (χ3n) is 4.32. The molecule has 1 aromatic carbocycles. The molecule has 3 rings (SSSR count). The van der Waals surface area contributed by atoms with Crippen molar-refractivity contribution < 1.29 is 9.47 Å². The molecule has 1 fully saturated rings. The fourth-order valence-electron chi connectivity index (χ4n) is 2.99. The Bertz CT molecular complexity index is 562. The summed E-state index contributed by atoms with van der Waals surface area (Å²) in [5, 5.41) is 3.58. The molecule has 1 unspecified atom stereocenters. The molecule has 5 nitrogen and oxygen atoms in total. The van der Waals surface area contributed by atoms with Gasteiger partial charge in [0.05, 0.1) is 20.3 Å². The van der Waals surface area contributed by atoms with Crippen molar-refractivity contribution in [1.29, 1.82) is 0 Å². The van der Waals surface area contributed by atoms with Gasteiger partial charge in [0.1, 0.15) is 5.75 Å². The largest absolute Gasteiger partial charge is 0.497 e. The van der Waals surface area contributed by atoms with Crippen molar-refractivity contribution in [2.75, 3.05) is 40.0 Å². The lowest BCUT2D eigenvalue weighted by atomic mass is 10.0. The van der Waals surface area contributed by atoms with Gasteiger partial charge in [0.2, 0.25) is 0 Å². The molecule has 1 aliphatic heterocycles. The molecule has 124 valence electrons. The number of benzene rings is 1. The van der Waals surface area contributed by atoms with Crippen LogP contribution in [0, 0.1) is 0 Å². The van der Waals surface area contributed by atoms with Crippen LogP contribution in [-0.2, 0) is 11.3 Å². The molecule has 5 heteroatoms. The van der Waals surface area contributed by atoms with Crippen LogP contribution < -0.4 is 10.1 Å². The molecule has 1 aliphatic rings. The number of nitrogens with one attached hydrogen (secondary N) is 2. The van der Waals surface area contributed by atoms with Crippen LogP contribution in [0.25, 0.3) is 0 Å². The summed E-state index contributed by atoms with van der Waals surface area (Å²) in [5.41, 5.74) is 2.59. The number of hydrogen-bond donors (Lipinski definition) is 2. The fourth-order valence-corrected chi connectivity index (χ4v) is 2.99. The molecule has 23 heavy (non-hydrogen) atoms. The first-order chi connectivity index (χ1) is 11.4. The second-order valence-electron chi connectivity index (χ2n) is 5.79. The highest BCUT2D eigenvalue weighted by atomic mass is 16.5. The van der Waals surface area contributed by atoms with Crippen molar-refractivity contribution in [2.24, 2.45) is 0 Å². The maximum atomic E-state index is 5.50. The molecule has 0 saturated carbocycles. The molecule has 0 amide bonds. The normalized spacial score (nSPS) is 17.1. The summed E-state index contributed by atoms with van der Waals surface area (Å²) < 4.78 is 10.8. The highest BCUT2D eigenvalue weighted by molar-refractivity contribution is 5.29. The Balaban J connectivity index is 1.66. The van der Waals surface area contributed by atoms with Crippen LogP contribution in [0.4, 0.5) is 0 Å². The number of aromatic nitrogens is 1. The van der Waals surface area contributed by atoms with E-state index in [2.05, 4.69) is 33.4 Å². The first-order valence-corrected chi connectivity index (χ1v) is 8.15. The van der Waals surface area contributed by atoms with Crippen LogP contribution >= 0.6 is 0 Å². The third kappa shape index (κ3) is 4.34. The Morgan fingerprint density at radius 2 is 2.00 bits per heavy atom. The van der Waals surface area contributed by atoms with Gasteiger partial charge in [0.15, 0.2) is 0 Å². The van der Waals surface area contributed by atoms with Crippen LogP contribution in [0.3, 0.4) is 0 Å². The second kappa shape index (κ2) is 8.15. The molecule has 0 aliphatic carbocycles. The van der Waals surface area contributed by atoms with E-state index < -0.39 is 0 Å². The predicted molar refractivity (Wildman–Crippen MR) is 90.6 cm³/mol. The van der Waals surface area contributed by atoms with Gasteiger partial charge in [-0.15, -0.1) is 0 Å². The van der Waals surface area contributed by atoms with Crippen LogP contribution in [0.1, 0.15) is 17.2 Å². The van der Waals surface area contributed by atoms with Crippen molar-refractivity contribution in [2.45, 2.75) is 12.6 Å². The van der Waals surface area contributed by atoms with Gasteiger partial charge in [-0.2, -0.15) is 0 Å². The number of nitrogens with zero attached hydrogens (tertiary/aromatic N) is 1. The van der Waals surface area contributed by atoms with E-state index in [-0.39, 0.29) is 0 Å². The van der Waals surface area contributed by atoms with Gasteiger partial charge in [0.25, 0.3) is 0 Å². The number of ether oxygens (including phenoxy) is 2. The van der Waals surface area contributed by atoms with E-state index in [4.69, 9.17) is 9.47 Å². The summed E-state index contributed by atoms with van der Waals surface area (Å²) in [6, 6.07) is 10.9. The Morgan fingerprint density at radius 3 is 2.65 bits per heavy atom. The summed E-state index contributed by atoms with van der Waals surface area (Å²) in [4.78, 5) is 5.59. The van der Waals surface area contributed by atoms with Gasteiger partial charge in [-0.3, -0.25) is 4.90 Å². The molecular formula is C18H25N3O2. The standard InChI is InChI=1S/C18H25N3O2/c1-22-17-4-2-16(3-5-17)18(21-8-10-23-11-9-21)14-20-13-15-6-7-19-12-15/h2-7,12,18-20H,8-11,13-14H2,1H3. The van der Waals surface area contributed by atoms with E-state index in [0.29, 0.717) is 6.04 Å². The van der Waals surface area contributed by atoms with Crippen LogP contribution in [0.5, 0.6) is 5.75 Å². The van der Waals surface area contributed by atoms with Crippen molar-refractivity contribution in [3.8, 4) is 5.75 Å². The highest BCUT2D eigenvalue weighted by Gasteiger charge is 2.22. The zero-order valence-electron chi connectivity index (χ0n) is 13.6. The lowest BCUT2D eigenvalue weighted by molar-refractivity contribution is 0.0161. The van der Waals surface area contributed by atoms with Gasteiger partial charge >= 0.3 is 0 Å². The smallest absolute Gasteiger partial charge is 0.118 e. The minimum atomic E-state index is 0.351. The van der Waals surface area contributed by atoms with E-state index in [1.54, 1.807) is 7.11 Å². The Hall–Kier alpha value is -1.82. The van der Waals surface area contributed by atoms with Crippen molar-refractivity contribution >= 4 is 0 Å². The number of H-pyrrole nitrogens is 1. The SMILES string of the molecule is COc1ccc(C(CNCc2cc[nH]c2)N2CCOCC2)cc1. The van der Waals surface area contributed by atoms with Crippen LogP contribution in [0.2, 0.25) is 0 Å². The van der Waals surface area contributed by atoms with Crippen LogP contribution in [0.15, 0.2) is 42.7 Å².